The van der Waals surface area contributed by atoms with E-state index in [1.165, 1.54) is 0 Å². The quantitative estimate of drug-likeness (QED) is 0.509. The molecule has 0 heterocycles. The molecular weight excluding hydrogens is 198 g/mol. The van der Waals surface area contributed by atoms with Gasteiger partial charge in [-0.15, -0.1) is 0 Å². The topological polar surface area (TPSA) is 26.3 Å². The van der Waals surface area contributed by atoms with E-state index in [1.807, 2.05) is 0 Å². The van der Waals surface area contributed by atoms with Crippen LogP contribution in [0.3, 0.4) is 0 Å². The van der Waals surface area contributed by atoms with Crippen LogP contribution in [0.25, 0.3) is 0 Å². The van der Waals surface area contributed by atoms with Crippen LogP contribution < -0.4 is 0 Å². The lowest BCUT2D eigenvalue weighted by Gasteiger charge is -1.98. The highest BCUT2D eigenvalue weighted by Crippen LogP contribution is 2.18. The summed E-state index contributed by atoms with van der Waals surface area (Å²) in [6.45, 7) is 1.63. The van der Waals surface area contributed by atoms with Crippen molar-refractivity contribution in [3.8, 4) is 0 Å². The van der Waals surface area contributed by atoms with Gasteiger partial charge < -0.3 is 4.74 Å². The number of hydrogen-bond donors (Lipinski definition) is 0. The van der Waals surface area contributed by atoms with Crippen molar-refractivity contribution in [2.24, 2.45) is 0 Å². The Kier molecular flexibility index (Phi) is 4.87. The normalized spacial score (nSPS) is 8.80. The molecule has 58 valence electrons. The summed E-state index contributed by atoms with van der Waals surface area (Å²) in [5.41, 5.74) is 0. The molecular formula is C5H5Cl3O2. The molecule has 0 fully saturated rings. The van der Waals surface area contributed by atoms with E-state index in [-0.39, 0.29) is 16.1 Å². The van der Waals surface area contributed by atoms with Crippen molar-refractivity contribution in [2.75, 3.05) is 0 Å². The van der Waals surface area contributed by atoms with Crippen LogP contribution in [0.15, 0.2) is 9.71 Å². The number of rotatable bonds is 2. The molecule has 0 rings (SSSR count). The van der Waals surface area contributed by atoms with Gasteiger partial charge in [0, 0.05) is 6.42 Å². The van der Waals surface area contributed by atoms with E-state index in [4.69, 9.17) is 34.8 Å². The first-order chi connectivity index (χ1) is 4.57. The zero-order valence-corrected chi connectivity index (χ0v) is 7.43. The molecule has 0 aliphatic heterocycles. The summed E-state index contributed by atoms with van der Waals surface area (Å²) in [4.78, 5) is 10.5. The van der Waals surface area contributed by atoms with Crippen LogP contribution >= 0.6 is 34.8 Å². The number of carbonyl (C=O) groups excluding carboxylic acids is 1. The molecule has 10 heavy (non-hydrogen) atoms. The molecule has 0 atom stereocenters. The van der Waals surface area contributed by atoms with Gasteiger partial charge in [-0.1, -0.05) is 30.1 Å². The Labute approximate surface area is 73.7 Å². The number of esters is 1. The second kappa shape index (κ2) is 4.83. The number of halogens is 3. The predicted molar refractivity (Wildman–Crippen MR) is 41.0 cm³/mol. The first kappa shape index (κ1) is 10.1. The lowest BCUT2D eigenvalue weighted by atomic mass is 10.5. The largest absolute Gasteiger partial charge is 0.411 e. The third-order valence-electron chi connectivity index (χ3n) is 0.641. The Bertz CT molecular complexity index is 160. The van der Waals surface area contributed by atoms with Gasteiger partial charge in [-0.25, -0.2) is 0 Å². The van der Waals surface area contributed by atoms with Crippen molar-refractivity contribution in [2.45, 2.75) is 13.3 Å². The molecule has 0 saturated heterocycles. The van der Waals surface area contributed by atoms with E-state index in [0.717, 1.165) is 0 Å². The maximum absolute atomic E-state index is 10.5. The van der Waals surface area contributed by atoms with Crippen molar-refractivity contribution in [3.63, 3.8) is 0 Å². The SMILES string of the molecule is CCC(=O)OC(Cl)=C(Cl)Cl. The molecule has 0 radical (unpaired) electrons. The van der Waals surface area contributed by atoms with Gasteiger partial charge in [0.2, 0.25) is 5.22 Å². The summed E-state index contributed by atoms with van der Waals surface area (Å²) in [7, 11) is 0. The fourth-order valence-corrected chi connectivity index (χ4v) is 0.374. The number of ether oxygens (including phenoxy) is 1. The maximum Gasteiger partial charge on any atom is 0.311 e. The highest BCUT2D eigenvalue weighted by Gasteiger charge is 2.04. The molecule has 0 saturated carbocycles. The van der Waals surface area contributed by atoms with E-state index in [0.29, 0.717) is 0 Å². The van der Waals surface area contributed by atoms with Crippen LogP contribution in [0, 0.1) is 0 Å². The molecule has 0 spiro atoms. The summed E-state index contributed by atoms with van der Waals surface area (Å²) < 4.78 is 4.16. The smallest absolute Gasteiger partial charge is 0.311 e. The second-order valence-electron chi connectivity index (χ2n) is 1.36. The summed E-state index contributed by atoms with van der Waals surface area (Å²) >= 11 is 15.6. The first-order valence-corrected chi connectivity index (χ1v) is 3.62. The van der Waals surface area contributed by atoms with Gasteiger partial charge in [-0.2, -0.15) is 0 Å². The highest BCUT2D eigenvalue weighted by atomic mass is 35.5. The van der Waals surface area contributed by atoms with Crippen LogP contribution in [0.1, 0.15) is 13.3 Å². The first-order valence-electron chi connectivity index (χ1n) is 2.49. The van der Waals surface area contributed by atoms with Gasteiger partial charge in [0.1, 0.15) is 0 Å². The van der Waals surface area contributed by atoms with Crippen molar-refractivity contribution in [1.29, 1.82) is 0 Å². The number of hydrogen-bond acceptors (Lipinski definition) is 2. The van der Waals surface area contributed by atoms with Crippen LogP contribution in [-0.2, 0) is 9.53 Å². The summed E-state index contributed by atoms with van der Waals surface area (Å²) in [5.74, 6) is -0.469. The van der Waals surface area contributed by atoms with Crippen molar-refractivity contribution in [1.82, 2.24) is 0 Å². The Morgan fingerprint density at radius 1 is 1.40 bits per heavy atom. The molecule has 5 heteroatoms. The standard InChI is InChI=1S/C5H5Cl3O2/c1-2-3(9)10-5(8)4(6)7/h2H2,1H3. The van der Waals surface area contributed by atoms with E-state index in [2.05, 4.69) is 4.74 Å². The Balaban J connectivity index is 3.92. The minimum atomic E-state index is -0.469. The lowest BCUT2D eigenvalue weighted by Crippen LogP contribution is -1.98. The van der Waals surface area contributed by atoms with E-state index in [1.54, 1.807) is 6.92 Å². The zero-order chi connectivity index (χ0) is 8.15. The highest BCUT2D eigenvalue weighted by molar-refractivity contribution is 6.59. The van der Waals surface area contributed by atoms with Crippen LogP contribution in [0.4, 0.5) is 0 Å². The minimum Gasteiger partial charge on any atom is -0.411 e. The number of carbonyl (C=O) groups is 1. The van der Waals surface area contributed by atoms with E-state index in [9.17, 15) is 4.79 Å². The summed E-state index contributed by atoms with van der Waals surface area (Å²) in [5, 5.41) is -0.282. The van der Waals surface area contributed by atoms with Gasteiger partial charge in [0.15, 0.2) is 4.49 Å². The van der Waals surface area contributed by atoms with E-state index >= 15 is 0 Å². The minimum absolute atomic E-state index is 0.233. The average Bonchev–Trinajstić information content (AvgIpc) is 1.87. The van der Waals surface area contributed by atoms with Crippen LogP contribution in [0.5, 0.6) is 0 Å². The Morgan fingerprint density at radius 3 is 2.20 bits per heavy atom. The summed E-state index contributed by atoms with van der Waals surface area (Å²) in [6, 6.07) is 0. The average molecular weight is 203 g/mol. The maximum atomic E-state index is 10.5. The molecule has 0 aliphatic rings. The van der Waals surface area contributed by atoms with Gasteiger partial charge in [-0.05, 0) is 11.6 Å². The monoisotopic (exact) mass is 202 g/mol. The molecule has 0 aromatic heterocycles. The third-order valence-corrected chi connectivity index (χ3v) is 1.44. The zero-order valence-electron chi connectivity index (χ0n) is 5.16. The van der Waals surface area contributed by atoms with E-state index < -0.39 is 5.97 Å². The molecule has 0 aromatic carbocycles. The molecule has 0 bridgehead atoms. The third kappa shape index (κ3) is 3.99. The molecule has 2 nitrogen and oxygen atoms in total. The van der Waals surface area contributed by atoms with Crippen LogP contribution in [-0.4, -0.2) is 5.97 Å². The molecule has 0 unspecified atom stereocenters. The van der Waals surface area contributed by atoms with Gasteiger partial charge in [0.25, 0.3) is 0 Å². The van der Waals surface area contributed by atoms with Gasteiger partial charge in [-0.3, -0.25) is 4.79 Å². The van der Waals surface area contributed by atoms with Crippen molar-refractivity contribution in [3.05, 3.63) is 9.71 Å². The van der Waals surface area contributed by atoms with Crippen molar-refractivity contribution >= 4 is 40.8 Å². The molecule has 0 N–H and O–H groups in total. The van der Waals surface area contributed by atoms with Crippen molar-refractivity contribution < 1.29 is 9.53 Å². The van der Waals surface area contributed by atoms with Gasteiger partial charge >= 0.3 is 5.97 Å². The molecule has 0 aliphatic carbocycles. The molecule has 0 aromatic rings. The van der Waals surface area contributed by atoms with Gasteiger partial charge in [0.05, 0.1) is 0 Å². The molecule has 0 amide bonds. The fourth-order valence-electron chi connectivity index (χ4n) is 0.211. The Morgan fingerprint density at radius 2 is 1.90 bits per heavy atom. The predicted octanol–water partition coefficient (Wildman–Crippen LogP) is 2.78. The second-order valence-corrected chi connectivity index (χ2v) is 2.65. The Hall–Kier alpha value is 0.0800. The van der Waals surface area contributed by atoms with Crippen LogP contribution in [0.2, 0.25) is 0 Å². The lowest BCUT2D eigenvalue weighted by molar-refractivity contribution is -0.138. The fraction of sp³-hybridized carbons (Fsp3) is 0.400. The summed E-state index contributed by atoms with van der Waals surface area (Å²) in [6.07, 6.45) is 0.233.